The normalized spacial score (nSPS) is 13.1. The van der Waals surface area contributed by atoms with Gasteiger partial charge in [0, 0.05) is 0 Å². The number of imidazole rings is 1. The molecule has 0 radical (unpaired) electrons. The van der Waals surface area contributed by atoms with Crippen LogP contribution in [0.1, 0.15) is 264 Å². The van der Waals surface area contributed by atoms with Crippen molar-refractivity contribution in [3.05, 3.63) is 18.2 Å². The molecule has 0 amide bonds. The molecule has 1 aromatic heterocycles. The minimum Gasteiger partial charge on any atom is -0.247 e. The first-order valence-corrected chi connectivity index (χ1v) is 21.3. The SMILES string of the molecule is CCCCCCCCCCCCCCCCCC(CCCCCCCCCCCC)c1[nH]cc[n+]1C(C)CCCCCCCC. The third kappa shape index (κ3) is 25.0. The Kier molecular flexibility index (Phi) is 31.1. The lowest BCUT2D eigenvalue weighted by molar-refractivity contribution is -0.727. The Balaban J connectivity index is 2.36. The standard InChI is InChI=1S/C43H84N2/c1-5-8-11-14-17-19-21-22-23-24-25-27-29-32-35-38-42(37-34-31-28-26-20-18-15-12-9-6-2)43-44-39-40-45(43)41(4)36-33-30-16-13-10-7-3/h39-42H,5-38H2,1-4H3/p+1. The number of hydrogen-bond acceptors (Lipinski definition) is 0. The number of H-pyrrole nitrogens is 1. The zero-order chi connectivity index (χ0) is 32.5. The molecular formula is C43H85N2+. The average Bonchev–Trinajstić information content (AvgIpc) is 3.54. The monoisotopic (exact) mass is 630 g/mol. The van der Waals surface area contributed by atoms with E-state index in [1.54, 1.807) is 0 Å². The summed E-state index contributed by atoms with van der Waals surface area (Å²) in [5.74, 6) is 2.25. The van der Waals surface area contributed by atoms with E-state index < -0.39 is 0 Å². The van der Waals surface area contributed by atoms with Gasteiger partial charge in [-0.15, -0.1) is 0 Å². The number of aromatic amines is 1. The molecule has 0 spiro atoms. The molecule has 1 heterocycles. The van der Waals surface area contributed by atoms with E-state index in [9.17, 15) is 0 Å². The molecule has 2 heteroatoms. The van der Waals surface area contributed by atoms with Crippen molar-refractivity contribution in [2.45, 2.75) is 258 Å². The molecule has 1 aromatic rings. The molecule has 2 atom stereocenters. The fraction of sp³-hybridized carbons (Fsp3) is 0.930. The highest BCUT2D eigenvalue weighted by Crippen LogP contribution is 2.27. The van der Waals surface area contributed by atoms with Gasteiger partial charge < -0.3 is 0 Å². The van der Waals surface area contributed by atoms with Gasteiger partial charge in [-0.1, -0.05) is 213 Å². The van der Waals surface area contributed by atoms with Gasteiger partial charge in [0.2, 0.25) is 0 Å². The lowest BCUT2D eigenvalue weighted by atomic mass is 9.92. The lowest BCUT2D eigenvalue weighted by Gasteiger charge is -2.17. The van der Waals surface area contributed by atoms with Gasteiger partial charge in [-0.3, -0.25) is 0 Å². The van der Waals surface area contributed by atoms with Gasteiger partial charge in [-0.05, 0) is 32.6 Å². The molecule has 0 saturated carbocycles. The Labute approximate surface area is 285 Å². The van der Waals surface area contributed by atoms with Crippen molar-refractivity contribution < 1.29 is 4.57 Å². The maximum atomic E-state index is 3.76. The summed E-state index contributed by atoms with van der Waals surface area (Å²) in [6, 6.07) is 0.619. The Morgan fingerprint density at radius 3 is 1.04 bits per heavy atom. The topological polar surface area (TPSA) is 19.7 Å². The van der Waals surface area contributed by atoms with Gasteiger partial charge in [-0.25, -0.2) is 9.55 Å². The number of nitrogens with zero attached hydrogens (tertiary/aromatic N) is 1. The molecule has 45 heavy (non-hydrogen) atoms. The number of nitrogens with one attached hydrogen (secondary N) is 1. The Morgan fingerprint density at radius 2 is 0.711 bits per heavy atom. The van der Waals surface area contributed by atoms with Crippen molar-refractivity contribution in [2.75, 3.05) is 0 Å². The van der Waals surface area contributed by atoms with Gasteiger partial charge in [-0.2, -0.15) is 0 Å². The van der Waals surface area contributed by atoms with Gasteiger partial charge in [0.25, 0.3) is 5.82 Å². The first-order valence-electron chi connectivity index (χ1n) is 21.3. The van der Waals surface area contributed by atoms with Crippen LogP contribution in [0.25, 0.3) is 0 Å². The second-order valence-electron chi connectivity index (χ2n) is 15.1. The van der Waals surface area contributed by atoms with E-state index in [0.29, 0.717) is 12.0 Å². The van der Waals surface area contributed by atoms with Gasteiger partial charge >= 0.3 is 0 Å². The van der Waals surface area contributed by atoms with Crippen LogP contribution in [0.15, 0.2) is 12.4 Å². The van der Waals surface area contributed by atoms with Crippen molar-refractivity contribution in [2.24, 2.45) is 0 Å². The van der Waals surface area contributed by atoms with Crippen LogP contribution in [0.3, 0.4) is 0 Å². The maximum Gasteiger partial charge on any atom is 0.257 e. The maximum absolute atomic E-state index is 3.76. The van der Waals surface area contributed by atoms with E-state index in [4.69, 9.17) is 0 Å². The Morgan fingerprint density at radius 1 is 0.422 bits per heavy atom. The number of aromatic nitrogens is 2. The molecule has 0 aliphatic carbocycles. The molecule has 0 aliphatic heterocycles. The van der Waals surface area contributed by atoms with Crippen LogP contribution in [0.4, 0.5) is 0 Å². The highest BCUT2D eigenvalue weighted by molar-refractivity contribution is 4.90. The summed E-state index contributed by atoms with van der Waals surface area (Å²) in [5.41, 5.74) is 0. The molecule has 2 nitrogen and oxygen atoms in total. The molecule has 0 aliphatic rings. The Hall–Kier alpha value is -0.790. The van der Waals surface area contributed by atoms with E-state index in [2.05, 4.69) is 49.6 Å². The molecule has 2 unspecified atom stereocenters. The van der Waals surface area contributed by atoms with Crippen molar-refractivity contribution in [3.8, 4) is 0 Å². The summed E-state index contributed by atoms with van der Waals surface area (Å²) in [5, 5.41) is 0. The minimum atomic E-state index is 0.619. The van der Waals surface area contributed by atoms with Gasteiger partial charge in [0.1, 0.15) is 12.4 Å². The molecular weight excluding hydrogens is 544 g/mol. The fourth-order valence-electron chi connectivity index (χ4n) is 7.49. The molecule has 0 fully saturated rings. The average molecular weight is 630 g/mol. The molecule has 266 valence electrons. The zero-order valence-corrected chi connectivity index (χ0v) is 31.8. The van der Waals surface area contributed by atoms with E-state index in [1.807, 2.05) is 0 Å². The van der Waals surface area contributed by atoms with Crippen molar-refractivity contribution >= 4 is 0 Å². The second-order valence-corrected chi connectivity index (χ2v) is 15.1. The first kappa shape index (κ1) is 42.2. The lowest BCUT2D eigenvalue weighted by Crippen LogP contribution is -2.41. The second kappa shape index (κ2) is 33.1. The molecule has 1 N–H and O–H groups in total. The molecule has 0 saturated heterocycles. The third-order valence-electron chi connectivity index (χ3n) is 10.6. The summed E-state index contributed by atoms with van der Waals surface area (Å²) in [4.78, 5) is 3.76. The van der Waals surface area contributed by atoms with Crippen LogP contribution in [0.5, 0.6) is 0 Å². The van der Waals surface area contributed by atoms with E-state index >= 15 is 0 Å². The van der Waals surface area contributed by atoms with Crippen molar-refractivity contribution in [1.29, 1.82) is 0 Å². The summed E-state index contributed by atoms with van der Waals surface area (Å²) < 4.78 is 2.64. The largest absolute Gasteiger partial charge is 0.257 e. The fourth-order valence-corrected chi connectivity index (χ4v) is 7.49. The summed E-state index contributed by atoms with van der Waals surface area (Å²) in [6.45, 7) is 9.41. The molecule has 0 bridgehead atoms. The first-order chi connectivity index (χ1) is 22.2. The molecule has 1 rings (SSSR count). The van der Waals surface area contributed by atoms with Crippen LogP contribution in [0, 0.1) is 0 Å². The highest BCUT2D eigenvalue weighted by Gasteiger charge is 2.25. The van der Waals surface area contributed by atoms with Crippen LogP contribution < -0.4 is 4.57 Å². The predicted octanol–water partition coefficient (Wildman–Crippen LogP) is 15.3. The van der Waals surface area contributed by atoms with Crippen LogP contribution in [-0.4, -0.2) is 4.98 Å². The minimum absolute atomic E-state index is 0.619. The smallest absolute Gasteiger partial charge is 0.247 e. The Bertz CT molecular complexity index is 694. The summed E-state index contributed by atoms with van der Waals surface area (Å²) in [6.07, 6.45) is 53.2. The summed E-state index contributed by atoms with van der Waals surface area (Å²) >= 11 is 0. The van der Waals surface area contributed by atoms with Crippen molar-refractivity contribution in [3.63, 3.8) is 0 Å². The highest BCUT2D eigenvalue weighted by atomic mass is 15.1. The van der Waals surface area contributed by atoms with Crippen LogP contribution in [-0.2, 0) is 0 Å². The molecule has 0 aromatic carbocycles. The zero-order valence-electron chi connectivity index (χ0n) is 31.8. The van der Waals surface area contributed by atoms with E-state index in [-0.39, 0.29) is 0 Å². The van der Waals surface area contributed by atoms with Crippen molar-refractivity contribution in [1.82, 2.24) is 4.98 Å². The number of hydrogen-bond donors (Lipinski definition) is 1. The van der Waals surface area contributed by atoms with Crippen LogP contribution in [0.2, 0.25) is 0 Å². The van der Waals surface area contributed by atoms with E-state index in [1.165, 1.54) is 224 Å². The van der Waals surface area contributed by atoms with Gasteiger partial charge in [0.05, 0.1) is 12.0 Å². The summed E-state index contributed by atoms with van der Waals surface area (Å²) in [7, 11) is 0. The third-order valence-corrected chi connectivity index (χ3v) is 10.6. The predicted molar refractivity (Wildman–Crippen MR) is 202 cm³/mol. The number of rotatable bonds is 36. The van der Waals surface area contributed by atoms with Gasteiger partial charge in [0.15, 0.2) is 0 Å². The quantitative estimate of drug-likeness (QED) is 0.0563. The van der Waals surface area contributed by atoms with Crippen LogP contribution >= 0.6 is 0 Å². The van der Waals surface area contributed by atoms with E-state index in [0.717, 1.165) is 0 Å². The number of unbranched alkanes of at least 4 members (excludes halogenated alkanes) is 28.